The lowest BCUT2D eigenvalue weighted by atomic mass is 10.1. The number of nitrogens with zero attached hydrogens (tertiary/aromatic N) is 2. The maximum atomic E-state index is 13.0. The molecule has 1 heterocycles. The number of carbonyl (C=O) groups excluding carboxylic acids is 1. The highest BCUT2D eigenvalue weighted by atomic mass is 19.1. The van der Waals surface area contributed by atoms with E-state index in [0.29, 0.717) is 24.2 Å². The molecule has 25 heavy (non-hydrogen) atoms. The molecule has 0 fully saturated rings. The van der Waals surface area contributed by atoms with Gasteiger partial charge >= 0.3 is 0 Å². The van der Waals surface area contributed by atoms with Crippen molar-refractivity contribution in [1.82, 2.24) is 20.7 Å². The first-order valence-electron chi connectivity index (χ1n) is 7.75. The molecule has 0 unspecified atom stereocenters. The van der Waals surface area contributed by atoms with Crippen LogP contribution in [0, 0.1) is 5.82 Å². The molecule has 7 heteroatoms. The number of halogens is 1. The van der Waals surface area contributed by atoms with Crippen LogP contribution in [0.4, 0.5) is 4.39 Å². The topological polar surface area (TPSA) is 79.9 Å². The van der Waals surface area contributed by atoms with Gasteiger partial charge in [-0.2, -0.15) is 15.4 Å². The van der Waals surface area contributed by atoms with Crippen LogP contribution in [-0.2, 0) is 6.42 Å². The molecule has 0 saturated heterocycles. The van der Waals surface area contributed by atoms with Gasteiger partial charge < -0.3 is 10.1 Å². The van der Waals surface area contributed by atoms with E-state index in [2.05, 4.69) is 20.7 Å². The molecule has 0 aliphatic rings. The fourth-order valence-electron chi connectivity index (χ4n) is 2.43. The van der Waals surface area contributed by atoms with E-state index in [0.717, 1.165) is 11.3 Å². The summed E-state index contributed by atoms with van der Waals surface area (Å²) in [5.74, 6) is 0.0893. The number of H-pyrrole nitrogens is 1. The van der Waals surface area contributed by atoms with Gasteiger partial charge in [0, 0.05) is 12.1 Å². The van der Waals surface area contributed by atoms with Crippen molar-refractivity contribution in [3.63, 3.8) is 0 Å². The number of carbonyl (C=O) groups is 1. The highest BCUT2D eigenvalue weighted by molar-refractivity contribution is 5.97. The Morgan fingerprint density at radius 2 is 2.00 bits per heavy atom. The van der Waals surface area contributed by atoms with Crippen molar-refractivity contribution in [2.45, 2.75) is 6.42 Å². The summed E-state index contributed by atoms with van der Waals surface area (Å²) in [4.78, 5) is 12.3. The quantitative estimate of drug-likeness (QED) is 0.723. The van der Waals surface area contributed by atoms with Gasteiger partial charge in [0.05, 0.1) is 7.11 Å². The van der Waals surface area contributed by atoms with Gasteiger partial charge in [-0.25, -0.2) is 4.39 Å². The van der Waals surface area contributed by atoms with Crippen LogP contribution in [0.25, 0.3) is 11.3 Å². The van der Waals surface area contributed by atoms with Gasteiger partial charge in [0.1, 0.15) is 17.3 Å². The van der Waals surface area contributed by atoms with Gasteiger partial charge in [-0.05, 0) is 48.4 Å². The number of rotatable bonds is 6. The molecule has 2 aromatic carbocycles. The average Bonchev–Trinajstić information content (AvgIpc) is 3.12. The summed E-state index contributed by atoms with van der Waals surface area (Å²) in [6, 6.07) is 13.4. The molecule has 6 nitrogen and oxygen atoms in total. The van der Waals surface area contributed by atoms with Crippen molar-refractivity contribution in [3.05, 3.63) is 65.6 Å². The van der Waals surface area contributed by atoms with Crippen molar-refractivity contribution in [3.8, 4) is 17.0 Å². The van der Waals surface area contributed by atoms with Crippen molar-refractivity contribution < 1.29 is 13.9 Å². The summed E-state index contributed by atoms with van der Waals surface area (Å²) in [5.41, 5.74) is 2.24. The zero-order valence-electron chi connectivity index (χ0n) is 13.6. The lowest BCUT2D eigenvalue weighted by Gasteiger charge is -2.06. The second-order valence-corrected chi connectivity index (χ2v) is 5.39. The lowest BCUT2D eigenvalue weighted by molar-refractivity contribution is 0.0950. The molecular weight excluding hydrogens is 323 g/mol. The molecule has 0 saturated carbocycles. The molecule has 0 bridgehead atoms. The molecule has 1 aromatic heterocycles. The van der Waals surface area contributed by atoms with E-state index >= 15 is 0 Å². The number of hydrogen-bond donors (Lipinski definition) is 2. The molecule has 128 valence electrons. The first kappa shape index (κ1) is 16.6. The second-order valence-electron chi connectivity index (χ2n) is 5.39. The number of aromatic amines is 1. The van der Waals surface area contributed by atoms with Crippen LogP contribution in [-0.4, -0.2) is 35.0 Å². The van der Waals surface area contributed by atoms with Crippen molar-refractivity contribution in [2.75, 3.05) is 13.7 Å². The van der Waals surface area contributed by atoms with Crippen LogP contribution < -0.4 is 10.1 Å². The van der Waals surface area contributed by atoms with E-state index in [-0.39, 0.29) is 17.4 Å². The van der Waals surface area contributed by atoms with Gasteiger partial charge in [-0.3, -0.25) is 4.79 Å². The largest absolute Gasteiger partial charge is 0.497 e. The monoisotopic (exact) mass is 340 g/mol. The van der Waals surface area contributed by atoms with Crippen molar-refractivity contribution in [2.24, 2.45) is 0 Å². The molecule has 0 radical (unpaired) electrons. The molecule has 0 aliphatic heterocycles. The molecule has 0 spiro atoms. The Labute approximate surface area is 144 Å². The molecule has 0 aliphatic carbocycles. The Hall–Kier alpha value is -3.22. The Bertz CT molecular complexity index is 862. The maximum Gasteiger partial charge on any atom is 0.274 e. The fourth-order valence-corrected chi connectivity index (χ4v) is 2.43. The molecule has 0 atom stereocenters. The number of aromatic nitrogens is 3. The maximum absolute atomic E-state index is 13.0. The van der Waals surface area contributed by atoms with Crippen LogP contribution in [0.15, 0.2) is 48.5 Å². The molecule has 2 N–H and O–H groups in total. The third kappa shape index (κ3) is 4.00. The Kier molecular flexibility index (Phi) is 5.03. The van der Waals surface area contributed by atoms with Gasteiger partial charge in [-0.15, -0.1) is 0 Å². The summed E-state index contributed by atoms with van der Waals surface area (Å²) in [6.45, 7) is 0.446. The fraction of sp³-hybridized carbons (Fsp3) is 0.167. The Morgan fingerprint density at radius 1 is 1.20 bits per heavy atom. The summed E-state index contributed by atoms with van der Waals surface area (Å²) in [5, 5.41) is 13.2. The van der Waals surface area contributed by atoms with Gasteiger partial charge in [0.2, 0.25) is 0 Å². The van der Waals surface area contributed by atoms with Crippen LogP contribution in [0.5, 0.6) is 5.75 Å². The van der Waals surface area contributed by atoms with Crippen LogP contribution >= 0.6 is 0 Å². The summed E-state index contributed by atoms with van der Waals surface area (Å²) in [7, 11) is 1.61. The second kappa shape index (κ2) is 7.57. The molecule has 3 aromatic rings. The van der Waals surface area contributed by atoms with E-state index in [9.17, 15) is 9.18 Å². The van der Waals surface area contributed by atoms with E-state index in [1.807, 2.05) is 24.3 Å². The van der Waals surface area contributed by atoms with Gasteiger partial charge in [0.15, 0.2) is 5.69 Å². The summed E-state index contributed by atoms with van der Waals surface area (Å²) in [6.07, 6.45) is 0.659. The highest BCUT2D eigenvalue weighted by Gasteiger charge is 2.17. The standard InChI is InChI=1S/C18H17FN4O2/c1-25-15-4-2-3-12(11-15)9-10-20-18(24)17-16(21-23-22-17)13-5-7-14(19)8-6-13/h2-8,11H,9-10H2,1H3,(H,20,24)(H,21,22,23). The smallest absolute Gasteiger partial charge is 0.274 e. The molecule has 3 rings (SSSR count). The van der Waals surface area contributed by atoms with Gasteiger partial charge in [0.25, 0.3) is 5.91 Å². The molecular formula is C18H17FN4O2. The molecule has 1 amide bonds. The predicted octanol–water partition coefficient (Wildman–Crippen LogP) is 2.59. The minimum absolute atomic E-state index is 0.178. The Balaban J connectivity index is 1.64. The van der Waals surface area contributed by atoms with E-state index in [4.69, 9.17) is 4.74 Å². The summed E-state index contributed by atoms with van der Waals surface area (Å²) < 4.78 is 18.2. The van der Waals surface area contributed by atoms with Crippen LogP contribution in [0.2, 0.25) is 0 Å². The van der Waals surface area contributed by atoms with Crippen molar-refractivity contribution >= 4 is 5.91 Å². The number of nitrogens with one attached hydrogen (secondary N) is 2. The minimum Gasteiger partial charge on any atom is -0.497 e. The number of methoxy groups -OCH3 is 1. The SMILES string of the molecule is COc1cccc(CCNC(=O)c2n[nH]nc2-c2ccc(F)cc2)c1. The van der Waals surface area contributed by atoms with Crippen LogP contribution in [0.3, 0.4) is 0 Å². The van der Waals surface area contributed by atoms with E-state index in [1.165, 1.54) is 12.1 Å². The zero-order chi connectivity index (χ0) is 17.6. The first-order valence-corrected chi connectivity index (χ1v) is 7.75. The number of ether oxygens (including phenoxy) is 1. The normalized spacial score (nSPS) is 10.5. The minimum atomic E-state index is -0.350. The highest BCUT2D eigenvalue weighted by Crippen LogP contribution is 2.19. The number of hydrogen-bond acceptors (Lipinski definition) is 4. The zero-order valence-corrected chi connectivity index (χ0v) is 13.6. The third-order valence-corrected chi connectivity index (χ3v) is 3.71. The van der Waals surface area contributed by atoms with Crippen LogP contribution in [0.1, 0.15) is 16.1 Å². The predicted molar refractivity (Wildman–Crippen MR) is 90.8 cm³/mol. The number of benzene rings is 2. The Morgan fingerprint density at radius 3 is 2.76 bits per heavy atom. The van der Waals surface area contributed by atoms with Crippen molar-refractivity contribution in [1.29, 1.82) is 0 Å². The van der Waals surface area contributed by atoms with E-state index < -0.39 is 0 Å². The number of amides is 1. The summed E-state index contributed by atoms with van der Waals surface area (Å²) >= 11 is 0. The lowest BCUT2D eigenvalue weighted by Crippen LogP contribution is -2.26. The average molecular weight is 340 g/mol. The van der Waals surface area contributed by atoms with Gasteiger partial charge in [-0.1, -0.05) is 12.1 Å². The van der Waals surface area contributed by atoms with E-state index in [1.54, 1.807) is 19.2 Å². The third-order valence-electron chi connectivity index (χ3n) is 3.71. The first-order chi connectivity index (χ1) is 12.2.